The van der Waals surface area contributed by atoms with Gasteiger partial charge in [-0.05, 0) is 61.4 Å². The third-order valence-electron chi connectivity index (χ3n) is 5.21. The van der Waals surface area contributed by atoms with E-state index in [0.29, 0.717) is 18.7 Å². The number of carbonyl (C=O) groups is 2. The van der Waals surface area contributed by atoms with Crippen LogP contribution in [0.15, 0.2) is 41.2 Å². The van der Waals surface area contributed by atoms with Crippen molar-refractivity contribution in [3.63, 3.8) is 0 Å². The Morgan fingerprint density at radius 2 is 2.00 bits per heavy atom. The first-order valence-electron chi connectivity index (χ1n) is 8.95. The summed E-state index contributed by atoms with van der Waals surface area (Å²) < 4.78 is 4.99. The van der Waals surface area contributed by atoms with Gasteiger partial charge in [0.15, 0.2) is 0 Å². The summed E-state index contributed by atoms with van der Waals surface area (Å²) in [5, 5.41) is 3.04. The van der Waals surface area contributed by atoms with Gasteiger partial charge in [-0.2, -0.15) is 0 Å². The minimum Gasteiger partial charge on any atom is -0.472 e. The lowest BCUT2D eigenvalue weighted by Gasteiger charge is -2.31. The lowest BCUT2D eigenvalue weighted by Crippen LogP contribution is -2.43. The number of nitrogens with one attached hydrogen (secondary N) is 1. The number of hydrogen-bond donors (Lipinski definition) is 1. The van der Waals surface area contributed by atoms with Crippen LogP contribution >= 0.6 is 0 Å². The zero-order valence-electron chi connectivity index (χ0n) is 14.2. The first kappa shape index (κ1) is 15.9. The molecule has 5 heteroatoms. The molecule has 25 heavy (non-hydrogen) atoms. The maximum Gasteiger partial charge on any atom is 0.257 e. The molecule has 0 spiro atoms. The van der Waals surface area contributed by atoms with E-state index in [0.717, 1.165) is 31.4 Å². The van der Waals surface area contributed by atoms with Crippen LogP contribution in [0.2, 0.25) is 0 Å². The van der Waals surface area contributed by atoms with E-state index in [1.165, 1.54) is 30.1 Å². The number of rotatable bonds is 3. The van der Waals surface area contributed by atoms with Crippen molar-refractivity contribution in [2.24, 2.45) is 5.92 Å². The SMILES string of the molecule is O=C(Nc1ccc2c(c1)CCC2)C1CCCN(C(=O)c2ccoc2)C1. The third kappa shape index (κ3) is 3.31. The van der Waals surface area contributed by atoms with Gasteiger partial charge in [0.1, 0.15) is 6.26 Å². The number of likely N-dealkylation sites (tertiary alicyclic amines) is 1. The van der Waals surface area contributed by atoms with Crippen LogP contribution in [0.3, 0.4) is 0 Å². The summed E-state index contributed by atoms with van der Waals surface area (Å²) in [6, 6.07) is 7.86. The quantitative estimate of drug-likeness (QED) is 0.934. The van der Waals surface area contributed by atoms with Gasteiger partial charge in [-0.15, -0.1) is 0 Å². The predicted molar refractivity (Wildman–Crippen MR) is 94.4 cm³/mol. The Hall–Kier alpha value is -2.56. The monoisotopic (exact) mass is 338 g/mol. The Kier molecular flexibility index (Phi) is 4.30. The number of anilines is 1. The zero-order valence-corrected chi connectivity index (χ0v) is 14.2. The minimum atomic E-state index is -0.169. The van der Waals surface area contributed by atoms with Gasteiger partial charge in [-0.25, -0.2) is 0 Å². The number of hydrogen-bond acceptors (Lipinski definition) is 3. The van der Waals surface area contributed by atoms with Gasteiger partial charge in [0.25, 0.3) is 5.91 Å². The van der Waals surface area contributed by atoms with E-state index in [4.69, 9.17) is 4.42 Å². The molecule has 5 nitrogen and oxygen atoms in total. The second-order valence-electron chi connectivity index (χ2n) is 6.93. The molecule has 130 valence electrons. The molecule has 1 fully saturated rings. The fraction of sp³-hybridized carbons (Fsp3) is 0.400. The van der Waals surface area contributed by atoms with E-state index in [9.17, 15) is 9.59 Å². The number of piperidine rings is 1. The second-order valence-corrected chi connectivity index (χ2v) is 6.93. The van der Waals surface area contributed by atoms with Crippen LogP contribution in [-0.2, 0) is 17.6 Å². The van der Waals surface area contributed by atoms with Gasteiger partial charge < -0.3 is 14.6 Å². The third-order valence-corrected chi connectivity index (χ3v) is 5.21. The Morgan fingerprint density at radius 3 is 2.84 bits per heavy atom. The van der Waals surface area contributed by atoms with Crippen LogP contribution in [0.1, 0.15) is 40.7 Å². The van der Waals surface area contributed by atoms with Crippen LogP contribution in [0.5, 0.6) is 0 Å². The predicted octanol–water partition coefficient (Wildman–Crippen LogP) is 3.26. The minimum absolute atomic E-state index is 0.00244. The Bertz CT molecular complexity index is 782. The zero-order chi connectivity index (χ0) is 17.2. The molecule has 1 N–H and O–H groups in total. The Balaban J connectivity index is 1.41. The van der Waals surface area contributed by atoms with E-state index in [1.807, 2.05) is 6.07 Å². The molecule has 1 aliphatic heterocycles. The number of carbonyl (C=O) groups excluding carboxylic acids is 2. The number of aryl methyl sites for hydroxylation is 2. The number of benzene rings is 1. The van der Waals surface area contributed by atoms with Gasteiger partial charge in [0.05, 0.1) is 17.7 Å². The van der Waals surface area contributed by atoms with Crippen molar-refractivity contribution in [2.45, 2.75) is 32.1 Å². The lowest BCUT2D eigenvalue weighted by molar-refractivity contribution is -0.121. The molecule has 2 amide bonds. The van der Waals surface area contributed by atoms with Gasteiger partial charge >= 0.3 is 0 Å². The van der Waals surface area contributed by atoms with Crippen molar-refractivity contribution >= 4 is 17.5 Å². The molecule has 1 aliphatic carbocycles. The molecule has 2 aromatic rings. The topological polar surface area (TPSA) is 62.6 Å². The van der Waals surface area contributed by atoms with Crippen LogP contribution in [0.4, 0.5) is 5.69 Å². The average Bonchev–Trinajstić information content (AvgIpc) is 3.32. The molecule has 0 saturated carbocycles. The molecule has 1 aromatic carbocycles. The molecule has 1 aromatic heterocycles. The summed E-state index contributed by atoms with van der Waals surface area (Å²) in [6.45, 7) is 1.15. The van der Waals surface area contributed by atoms with Gasteiger partial charge in [0, 0.05) is 18.8 Å². The van der Waals surface area contributed by atoms with Crippen LogP contribution in [0.25, 0.3) is 0 Å². The normalized spacial score (nSPS) is 19.5. The highest BCUT2D eigenvalue weighted by Crippen LogP contribution is 2.26. The van der Waals surface area contributed by atoms with E-state index < -0.39 is 0 Å². The van der Waals surface area contributed by atoms with Gasteiger partial charge in [-0.3, -0.25) is 9.59 Å². The summed E-state index contributed by atoms with van der Waals surface area (Å²) in [5.41, 5.74) is 4.15. The maximum atomic E-state index is 12.7. The molecule has 2 aliphatic rings. The fourth-order valence-electron chi connectivity index (χ4n) is 3.84. The average molecular weight is 338 g/mol. The molecule has 0 bridgehead atoms. The molecular formula is C20H22N2O3. The summed E-state index contributed by atoms with van der Waals surface area (Å²) in [6.07, 6.45) is 8.02. The summed E-state index contributed by atoms with van der Waals surface area (Å²) in [5.74, 6) is -0.232. The summed E-state index contributed by atoms with van der Waals surface area (Å²) >= 11 is 0. The van der Waals surface area contributed by atoms with Crippen molar-refractivity contribution in [2.75, 3.05) is 18.4 Å². The molecular weight excluding hydrogens is 316 g/mol. The second kappa shape index (κ2) is 6.75. The first-order valence-corrected chi connectivity index (χ1v) is 8.95. The number of fused-ring (bicyclic) bond motifs is 1. The molecule has 1 saturated heterocycles. The van der Waals surface area contributed by atoms with Crippen LogP contribution in [0, 0.1) is 5.92 Å². The standard InChI is InChI=1S/C20H22N2O3/c23-19(21-18-7-6-14-3-1-4-15(14)11-18)16-5-2-9-22(12-16)20(24)17-8-10-25-13-17/h6-8,10-11,13,16H,1-5,9,12H2,(H,21,23). The highest BCUT2D eigenvalue weighted by molar-refractivity contribution is 5.96. The highest BCUT2D eigenvalue weighted by Gasteiger charge is 2.29. The van der Waals surface area contributed by atoms with Crippen molar-refractivity contribution in [3.8, 4) is 0 Å². The summed E-state index contributed by atoms with van der Waals surface area (Å²) in [4.78, 5) is 26.9. The van der Waals surface area contributed by atoms with E-state index in [2.05, 4.69) is 17.4 Å². The van der Waals surface area contributed by atoms with Gasteiger partial charge in [0.2, 0.25) is 5.91 Å². The molecule has 1 atom stereocenters. The van der Waals surface area contributed by atoms with Gasteiger partial charge in [-0.1, -0.05) is 6.07 Å². The van der Waals surface area contributed by atoms with Crippen molar-refractivity contribution < 1.29 is 14.0 Å². The smallest absolute Gasteiger partial charge is 0.257 e. The highest BCUT2D eigenvalue weighted by atomic mass is 16.3. The van der Waals surface area contributed by atoms with E-state index in [1.54, 1.807) is 11.0 Å². The molecule has 0 radical (unpaired) electrons. The Labute approximate surface area is 147 Å². The van der Waals surface area contributed by atoms with Crippen molar-refractivity contribution in [3.05, 3.63) is 53.5 Å². The van der Waals surface area contributed by atoms with Crippen molar-refractivity contribution in [1.29, 1.82) is 0 Å². The maximum absolute atomic E-state index is 12.7. The molecule has 4 rings (SSSR count). The van der Waals surface area contributed by atoms with Crippen LogP contribution in [-0.4, -0.2) is 29.8 Å². The van der Waals surface area contributed by atoms with Crippen molar-refractivity contribution in [1.82, 2.24) is 4.90 Å². The number of furan rings is 1. The Morgan fingerprint density at radius 1 is 1.12 bits per heavy atom. The number of nitrogens with zero attached hydrogens (tertiary/aromatic N) is 1. The van der Waals surface area contributed by atoms with E-state index in [-0.39, 0.29) is 17.7 Å². The van der Waals surface area contributed by atoms with E-state index >= 15 is 0 Å². The first-order chi connectivity index (χ1) is 12.2. The lowest BCUT2D eigenvalue weighted by atomic mass is 9.96. The van der Waals surface area contributed by atoms with Crippen LogP contribution < -0.4 is 5.32 Å². The summed E-state index contributed by atoms with van der Waals surface area (Å²) in [7, 11) is 0. The number of amides is 2. The molecule has 1 unspecified atom stereocenters. The largest absolute Gasteiger partial charge is 0.472 e. The molecule has 2 heterocycles. The fourth-order valence-corrected chi connectivity index (χ4v) is 3.84.